The number of aryl methyl sites for hydroxylation is 3. The molecule has 0 saturated heterocycles. The van der Waals surface area contributed by atoms with Crippen LogP contribution in [-0.2, 0) is 0 Å². The van der Waals surface area contributed by atoms with Gasteiger partial charge < -0.3 is 9.47 Å². The summed E-state index contributed by atoms with van der Waals surface area (Å²) in [5.41, 5.74) is 2.34. The fraction of sp³-hybridized carbons (Fsp3) is 0.333. The fourth-order valence-corrected chi connectivity index (χ4v) is 2.32. The highest BCUT2D eigenvalue weighted by atomic mass is 19.1. The molecule has 0 radical (unpaired) electrons. The van der Waals surface area contributed by atoms with E-state index >= 15 is 0 Å². The number of ether oxygens (including phenoxy) is 2. The lowest BCUT2D eigenvalue weighted by Crippen LogP contribution is -2.07. The van der Waals surface area contributed by atoms with Gasteiger partial charge in [0.2, 0.25) is 0 Å². The molecule has 22 heavy (non-hydrogen) atoms. The third kappa shape index (κ3) is 4.20. The first-order valence-corrected chi connectivity index (χ1v) is 7.26. The molecule has 4 heteroatoms. The monoisotopic (exact) mass is 306 g/mol. The predicted octanol–water partition coefficient (Wildman–Crippen LogP) is 4.74. The van der Waals surface area contributed by atoms with Crippen molar-refractivity contribution in [1.29, 1.82) is 0 Å². The minimum Gasteiger partial charge on any atom is -0.493 e. The molecule has 0 aliphatic rings. The van der Waals surface area contributed by atoms with Gasteiger partial charge in [0.1, 0.15) is 23.1 Å². The molecule has 0 fully saturated rings. The van der Waals surface area contributed by atoms with Gasteiger partial charge in [-0.1, -0.05) is 0 Å². The summed E-state index contributed by atoms with van der Waals surface area (Å²) in [6.07, 6.45) is 0.688. The Morgan fingerprint density at radius 3 is 2.00 bits per heavy atom. The topological polar surface area (TPSA) is 18.5 Å². The second kappa shape index (κ2) is 7.25. The quantitative estimate of drug-likeness (QED) is 0.718. The maximum Gasteiger partial charge on any atom is 0.125 e. The maximum absolute atomic E-state index is 13.2. The van der Waals surface area contributed by atoms with E-state index < -0.39 is 0 Å². The lowest BCUT2D eigenvalue weighted by atomic mass is 10.1. The van der Waals surface area contributed by atoms with E-state index in [1.807, 2.05) is 13.8 Å². The number of hydrogen-bond acceptors (Lipinski definition) is 2. The Morgan fingerprint density at radius 1 is 0.773 bits per heavy atom. The largest absolute Gasteiger partial charge is 0.493 e. The molecular formula is C18H20F2O2. The first-order chi connectivity index (χ1) is 10.5. The van der Waals surface area contributed by atoms with Crippen LogP contribution in [0.2, 0.25) is 0 Å². The smallest absolute Gasteiger partial charge is 0.125 e. The Labute approximate surface area is 129 Å². The average molecular weight is 306 g/mol. The summed E-state index contributed by atoms with van der Waals surface area (Å²) in [6.45, 7) is 6.41. The predicted molar refractivity (Wildman–Crippen MR) is 82.6 cm³/mol. The number of rotatable bonds is 6. The minimum atomic E-state index is -0.268. The molecule has 0 heterocycles. The minimum absolute atomic E-state index is 0.252. The summed E-state index contributed by atoms with van der Waals surface area (Å²) in [6, 6.07) is 7.36. The van der Waals surface area contributed by atoms with Crippen LogP contribution in [0.1, 0.15) is 23.1 Å². The highest BCUT2D eigenvalue weighted by molar-refractivity contribution is 5.40. The molecule has 0 aliphatic heterocycles. The molecule has 0 N–H and O–H groups in total. The van der Waals surface area contributed by atoms with E-state index in [2.05, 4.69) is 0 Å². The van der Waals surface area contributed by atoms with Gasteiger partial charge in [0.15, 0.2) is 0 Å². The van der Waals surface area contributed by atoms with Gasteiger partial charge >= 0.3 is 0 Å². The lowest BCUT2D eigenvalue weighted by molar-refractivity contribution is 0.244. The molecule has 0 saturated carbocycles. The van der Waals surface area contributed by atoms with Gasteiger partial charge in [-0.15, -0.1) is 0 Å². The molecule has 0 aliphatic carbocycles. The van der Waals surface area contributed by atoms with Gasteiger partial charge in [0.05, 0.1) is 13.2 Å². The zero-order chi connectivity index (χ0) is 16.1. The first-order valence-electron chi connectivity index (χ1n) is 7.26. The summed E-state index contributed by atoms with van der Waals surface area (Å²) in [5, 5.41) is 0. The van der Waals surface area contributed by atoms with Crippen molar-refractivity contribution in [2.45, 2.75) is 27.2 Å². The van der Waals surface area contributed by atoms with Crippen LogP contribution in [-0.4, -0.2) is 13.2 Å². The van der Waals surface area contributed by atoms with Crippen LogP contribution in [0.15, 0.2) is 30.3 Å². The Morgan fingerprint density at radius 2 is 1.36 bits per heavy atom. The van der Waals surface area contributed by atoms with E-state index in [1.54, 1.807) is 13.0 Å². The molecule has 2 nitrogen and oxygen atoms in total. The van der Waals surface area contributed by atoms with Gasteiger partial charge in [-0.25, -0.2) is 8.78 Å². The second-order valence-electron chi connectivity index (χ2n) is 5.33. The third-order valence-electron chi connectivity index (χ3n) is 3.35. The summed E-state index contributed by atoms with van der Waals surface area (Å²) < 4.78 is 37.5. The molecule has 118 valence electrons. The highest BCUT2D eigenvalue weighted by Crippen LogP contribution is 2.24. The molecule has 0 bridgehead atoms. The fourth-order valence-electron chi connectivity index (χ4n) is 2.32. The van der Waals surface area contributed by atoms with E-state index in [4.69, 9.17) is 9.47 Å². The molecule has 0 spiro atoms. The van der Waals surface area contributed by atoms with Crippen molar-refractivity contribution in [3.05, 3.63) is 58.7 Å². The molecule has 0 aromatic heterocycles. The Bertz CT molecular complexity index is 631. The van der Waals surface area contributed by atoms with Crippen molar-refractivity contribution in [3.63, 3.8) is 0 Å². The van der Waals surface area contributed by atoms with Crippen LogP contribution in [0, 0.1) is 32.4 Å². The summed E-state index contributed by atoms with van der Waals surface area (Å²) in [4.78, 5) is 0. The van der Waals surface area contributed by atoms with Gasteiger partial charge in [0.25, 0.3) is 0 Å². The first kappa shape index (κ1) is 16.3. The van der Waals surface area contributed by atoms with Crippen LogP contribution >= 0.6 is 0 Å². The maximum atomic E-state index is 13.2. The Balaban J connectivity index is 1.80. The zero-order valence-corrected chi connectivity index (χ0v) is 13.1. The number of halogens is 2. The van der Waals surface area contributed by atoms with E-state index in [-0.39, 0.29) is 11.6 Å². The summed E-state index contributed by atoms with van der Waals surface area (Å²) in [5.74, 6) is 0.878. The lowest BCUT2D eigenvalue weighted by Gasteiger charge is -2.13. The molecule has 2 aromatic rings. The van der Waals surface area contributed by atoms with E-state index in [9.17, 15) is 8.78 Å². The van der Waals surface area contributed by atoms with Gasteiger partial charge in [-0.05, 0) is 67.8 Å². The van der Waals surface area contributed by atoms with Crippen molar-refractivity contribution < 1.29 is 18.3 Å². The molecule has 0 amide bonds. The standard InChI is InChI=1S/C18H20F2O2/c1-12-9-15(19)5-6-17(12)21-7-4-8-22-18-13(2)10-16(20)11-14(18)3/h5-6,9-11H,4,7-8H2,1-3H3. The van der Waals surface area contributed by atoms with Crippen LogP contribution < -0.4 is 9.47 Å². The SMILES string of the molecule is Cc1cc(F)ccc1OCCCOc1c(C)cc(F)cc1C. The number of benzene rings is 2. The van der Waals surface area contributed by atoms with Crippen LogP contribution in [0.3, 0.4) is 0 Å². The molecular weight excluding hydrogens is 286 g/mol. The van der Waals surface area contributed by atoms with Gasteiger partial charge in [0, 0.05) is 6.42 Å². The van der Waals surface area contributed by atoms with Crippen molar-refractivity contribution >= 4 is 0 Å². The molecule has 0 atom stereocenters. The molecule has 0 unspecified atom stereocenters. The summed E-state index contributed by atoms with van der Waals surface area (Å²) >= 11 is 0. The van der Waals surface area contributed by atoms with E-state index in [1.165, 1.54) is 24.3 Å². The Hall–Kier alpha value is -2.10. The Kier molecular flexibility index (Phi) is 5.36. The van der Waals surface area contributed by atoms with Crippen LogP contribution in [0.5, 0.6) is 11.5 Å². The second-order valence-corrected chi connectivity index (χ2v) is 5.33. The molecule has 2 rings (SSSR count). The normalized spacial score (nSPS) is 10.6. The highest BCUT2D eigenvalue weighted by Gasteiger charge is 2.06. The van der Waals surface area contributed by atoms with Crippen molar-refractivity contribution in [1.82, 2.24) is 0 Å². The van der Waals surface area contributed by atoms with E-state index in [0.717, 1.165) is 22.4 Å². The van der Waals surface area contributed by atoms with Crippen LogP contribution in [0.25, 0.3) is 0 Å². The van der Waals surface area contributed by atoms with Crippen molar-refractivity contribution in [2.75, 3.05) is 13.2 Å². The van der Waals surface area contributed by atoms with Crippen molar-refractivity contribution in [2.24, 2.45) is 0 Å². The van der Waals surface area contributed by atoms with Gasteiger partial charge in [-0.2, -0.15) is 0 Å². The van der Waals surface area contributed by atoms with Gasteiger partial charge in [-0.3, -0.25) is 0 Å². The summed E-state index contributed by atoms with van der Waals surface area (Å²) in [7, 11) is 0. The average Bonchev–Trinajstić information content (AvgIpc) is 2.42. The molecule has 2 aromatic carbocycles. The van der Waals surface area contributed by atoms with Crippen LogP contribution in [0.4, 0.5) is 8.78 Å². The third-order valence-corrected chi connectivity index (χ3v) is 3.35. The van der Waals surface area contributed by atoms with Crippen molar-refractivity contribution in [3.8, 4) is 11.5 Å². The number of hydrogen-bond donors (Lipinski definition) is 0. The zero-order valence-electron chi connectivity index (χ0n) is 13.1. The van der Waals surface area contributed by atoms with E-state index in [0.29, 0.717) is 25.4 Å².